The third kappa shape index (κ3) is 3.32. The number of amides is 1. The van der Waals surface area contributed by atoms with E-state index in [4.69, 9.17) is 13.9 Å². The molecule has 9 heteroatoms. The Morgan fingerprint density at radius 3 is 2.68 bits per heavy atom. The van der Waals surface area contributed by atoms with Gasteiger partial charge in [0.1, 0.15) is 6.04 Å². The van der Waals surface area contributed by atoms with Crippen molar-refractivity contribution in [2.75, 3.05) is 19.1 Å². The quantitative estimate of drug-likeness (QED) is 0.391. The third-order valence-electron chi connectivity index (χ3n) is 5.66. The molecular weight excluding hydrogens is 456 g/mol. The van der Waals surface area contributed by atoms with Gasteiger partial charge in [0.2, 0.25) is 5.78 Å². The molecule has 1 aliphatic rings. The van der Waals surface area contributed by atoms with Crippen molar-refractivity contribution in [3.05, 3.63) is 83.0 Å². The van der Waals surface area contributed by atoms with Crippen molar-refractivity contribution in [2.24, 2.45) is 0 Å². The van der Waals surface area contributed by atoms with Gasteiger partial charge in [-0.1, -0.05) is 29.5 Å². The Hall–Kier alpha value is -4.11. The van der Waals surface area contributed by atoms with E-state index in [0.717, 1.165) is 10.3 Å². The highest BCUT2D eigenvalue weighted by Crippen LogP contribution is 2.48. The molecule has 3 heterocycles. The van der Waals surface area contributed by atoms with E-state index in [1.807, 2.05) is 25.1 Å². The number of nitrogens with zero attached hydrogens (tertiary/aromatic N) is 2. The van der Waals surface area contributed by atoms with Crippen molar-refractivity contribution in [1.29, 1.82) is 0 Å². The van der Waals surface area contributed by atoms with Crippen LogP contribution in [-0.2, 0) is 4.79 Å². The van der Waals surface area contributed by atoms with E-state index >= 15 is 0 Å². The van der Waals surface area contributed by atoms with Gasteiger partial charge in [-0.05, 0) is 42.8 Å². The molecule has 1 aliphatic heterocycles. The maximum atomic E-state index is 13.4. The lowest BCUT2D eigenvalue weighted by molar-refractivity contribution is -0.117. The minimum Gasteiger partial charge on any atom is -0.503 e. The minimum atomic E-state index is -1.02. The summed E-state index contributed by atoms with van der Waals surface area (Å²) in [5.74, 6) is -1.24. The number of hydrogen-bond donors (Lipinski definition) is 1. The molecule has 34 heavy (non-hydrogen) atoms. The Kier molecular flexibility index (Phi) is 5.33. The molecule has 1 atom stereocenters. The number of anilines is 1. The molecular formula is C25H20N2O6S. The average Bonchev–Trinajstić information content (AvgIpc) is 3.57. The first-order valence-electron chi connectivity index (χ1n) is 10.4. The first-order chi connectivity index (χ1) is 16.4. The number of rotatable bonds is 6. The molecule has 8 nitrogen and oxygen atoms in total. The summed E-state index contributed by atoms with van der Waals surface area (Å²) in [7, 11) is 2.97. The van der Waals surface area contributed by atoms with Gasteiger partial charge in [-0.15, -0.1) is 0 Å². The summed E-state index contributed by atoms with van der Waals surface area (Å²) in [5.41, 5.74) is 2.10. The van der Waals surface area contributed by atoms with Gasteiger partial charge in [-0.25, -0.2) is 4.98 Å². The molecule has 0 unspecified atom stereocenters. The number of ether oxygens (including phenoxy) is 2. The van der Waals surface area contributed by atoms with E-state index in [2.05, 4.69) is 4.98 Å². The van der Waals surface area contributed by atoms with Gasteiger partial charge >= 0.3 is 0 Å². The SMILES string of the molecule is COc1cccc([C@H]2C(C(=O)c3ccco3)=C(O)C(=O)N2c2nc3ccc(C)cc3s2)c1OC. The Balaban J connectivity index is 1.74. The summed E-state index contributed by atoms with van der Waals surface area (Å²) in [6, 6.07) is 13.0. The van der Waals surface area contributed by atoms with Crippen molar-refractivity contribution in [1.82, 2.24) is 4.98 Å². The average molecular weight is 477 g/mol. The van der Waals surface area contributed by atoms with E-state index in [9.17, 15) is 14.7 Å². The number of thiazole rings is 1. The molecule has 5 rings (SSSR count). The molecule has 0 saturated heterocycles. The highest BCUT2D eigenvalue weighted by molar-refractivity contribution is 7.22. The van der Waals surface area contributed by atoms with Gasteiger partial charge in [0.25, 0.3) is 5.91 Å². The molecule has 1 N–H and O–H groups in total. The molecule has 4 aromatic rings. The highest BCUT2D eigenvalue weighted by Gasteiger charge is 2.47. The largest absolute Gasteiger partial charge is 0.503 e. The number of carbonyl (C=O) groups excluding carboxylic acids is 2. The topological polar surface area (TPSA) is 102 Å². The number of aryl methyl sites for hydroxylation is 1. The molecule has 1 amide bonds. The monoisotopic (exact) mass is 476 g/mol. The number of aliphatic hydroxyl groups excluding tert-OH is 1. The molecule has 0 bridgehead atoms. The Bertz CT molecular complexity index is 1450. The number of ketones is 1. The van der Waals surface area contributed by atoms with Gasteiger partial charge in [0.15, 0.2) is 28.1 Å². The summed E-state index contributed by atoms with van der Waals surface area (Å²) in [6.07, 6.45) is 1.36. The summed E-state index contributed by atoms with van der Waals surface area (Å²) in [4.78, 5) is 32.8. The second kappa shape index (κ2) is 8.35. The van der Waals surface area contributed by atoms with Gasteiger partial charge in [-0.2, -0.15) is 0 Å². The van der Waals surface area contributed by atoms with Crippen molar-refractivity contribution < 1.29 is 28.6 Å². The zero-order valence-corrected chi connectivity index (χ0v) is 19.4. The standard InChI is InChI=1S/C25H20N2O6S/c1-13-9-10-15-18(12-13)34-25(26-15)27-20(14-6-4-7-17(31-2)23(14)32-3)19(22(29)24(27)30)21(28)16-8-5-11-33-16/h4-12,20,29H,1-3H3/t20-/m0/s1. The smallest absolute Gasteiger partial charge is 0.296 e. The van der Waals surface area contributed by atoms with Crippen LogP contribution >= 0.6 is 11.3 Å². The van der Waals surface area contributed by atoms with E-state index < -0.39 is 23.5 Å². The van der Waals surface area contributed by atoms with Crippen LogP contribution in [0.4, 0.5) is 5.13 Å². The number of methoxy groups -OCH3 is 2. The zero-order valence-electron chi connectivity index (χ0n) is 18.6. The fourth-order valence-corrected chi connectivity index (χ4v) is 5.21. The van der Waals surface area contributed by atoms with Crippen LogP contribution in [0.5, 0.6) is 11.5 Å². The minimum absolute atomic E-state index is 0.00277. The molecule has 0 fully saturated rings. The van der Waals surface area contributed by atoms with Crippen LogP contribution in [0.1, 0.15) is 27.7 Å². The number of Topliss-reactive ketones (excluding diaryl/α,β-unsaturated/α-hetero) is 1. The van der Waals surface area contributed by atoms with E-state index in [1.165, 1.54) is 42.8 Å². The fraction of sp³-hybridized carbons (Fsp3) is 0.160. The summed E-state index contributed by atoms with van der Waals surface area (Å²) < 4.78 is 17.2. The van der Waals surface area contributed by atoms with Crippen molar-refractivity contribution >= 4 is 38.4 Å². The number of para-hydroxylation sites is 1. The van der Waals surface area contributed by atoms with Crippen LogP contribution in [0.3, 0.4) is 0 Å². The lowest BCUT2D eigenvalue weighted by atomic mass is 9.94. The molecule has 172 valence electrons. The highest BCUT2D eigenvalue weighted by atomic mass is 32.1. The molecule has 2 aromatic heterocycles. The van der Waals surface area contributed by atoms with Crippen molar-refractivity contribution in [3.63, 3.8) is 0 Å². The number of benzene rings is 2. The predicted octanol–water partition coefficient (Wildman–Crippen LogP) is 5.00. The lowest BCUT2D eigenvalue weighted by Crippen LogP contribution is -2.31. The second-order valence-corrected chi connectivity index (χ2v) is 8.71. The number of aromatic nitrogens is 1. The Morgan fingerprint density at radius 2 is 1.97 bits per heavy atom. The maximum Gasteiger partial charge on any atom is 0.296 e. The van der Waals surface area contributed by atoms with Crippen LogP contribution in [0, 0.1) is 6.92 Å². The summed E-state index contributed by atoms with van der Waals surface area (Å²) in [6.45, 7) is 1.97. The van der Waals surface area contributed by atoms with Gasteiger partial charge < -0.3 is 19.0 Å². The normalized spacial score (nSPS) is 15.9. The van der Waals surface area contributed by atoms with Gasteiger partial charge in [0, 0.05) is 5.56 Å². The fourth-order valence-electron chi connectivity index (χ4n) is 4.12. The zero-order chi connectivity index (χ0) is 24.0. The molecule has 0 saturated carbocycles. The number of fused-ring (bicyclic) bond motifs is 1. The summed E-state index contributed by atoms with van der Waals surface area (Å²) >= 11 is 1.30. The van der Waals surface area contributed by atoms with E-state index in [0.29, 0.717) is 27.7 Å². The number of furan rings is 1. The summed E-state index contributed by atoms with van der Waals surface area (Å²) in [5, 5.41) is 11.3. The molecule has 0 radical (unpaired) electrons. The molecule has 0 aliphatic carbocycles. The van der Waals surface area contributed by atoms with Gasteiger partial charge in [-0.3, -0.25) is 14.5 Å². The predicted molar refractivity (Wildman–Crippen MR) is 127 cm³/mol. The van der Waals surface area contributed by atoms with Gasteiger partial charge in [0.05, 0.1) is 36.3 Å². The molecule has 2 aromatic carbocycles. The number of aliphatic hydroxyl groups is 1. The van der Waals surface area contributed by atoms with Crippen LogP contribution in [0.25, 0.3) is 10.2 Å². The van der Waals surface area contributed by atoms with Crippen LogP contribution in [-0.4, -0.2) is 36.0 Å². The van der Waals surface area contributed by atoms with E-state index in [1.54, 1.807) is 24.3 Å². The van der Waals surface area contributed by atoms with Crippen LogP contribution < -0.4 is 14.4 Å². The lowest BCUT2D eigenvalue weighted by Gasteiger charge is -2.26. The van der Waals surface area contributed by atoms with Crippen molar-refractivity contribution in [2.45, 2.75) is 13.0 Å². The van der Waals surface area contributed by atoms with Crippen molar-refractivity contribution in [3.8, 4) is 11.5 Å². The maximum absolute atomic E-state index is 13.4. The molecule has 0 spiro atoms. The Morgan fingerprint density at radius 1 is 1.15 bits per heavy atom. The first-order valence-corrected chi connectivity index (χ1v) is 11.2. The Labute approximate surface area is 198 Å². The van der Waals surface area contributed by atoms with E-state index in [-0.39, 0.29) is 11.3 Å². The second-order valence-electron chi connectivity index (χ2n) is 7.70. The first kappa shape index (κ1) is 21.7. The van der Waals surface area contributed by atoms with Crippen LogP contribution in [0.2, 0.25) is 0 Å². The number of hydrogen-bond acceptors (Lipinski definition) is 8. The third-order valence-corrected chi connectivity index (χ3v) is 6.68. The van der Waals surface area contributed by atoms with Crippen LogP contribution in [0.15, 0.2) is 70.5 Å². The number of carbonyl (C=O) groups is 2.